The largest absolute Gasteiger partial charge is 0.384 e. The summed E-state index contributed by atoms with van der Waals surface area (Å²) in [5.74, 6) is -0.465. The molecule has 3 rings (SSSR count). The van der Waals surface area contributed by atoms with Crippen LogP contribution in [0.5, 0.6) is 0 Å². The molecule has 3 N–H and O–H groups in total. The van der Waals surface area contributed by atoms with Gasteiger partial charge in [-0.2, -0.15) is 8.42 Å². The number of amides is 1. The van der Waals surface area contributed by atoms with Crippen LogP contribution in [0.15, 0.2) is 41.4 Å². The van der Waals surface area contributed by atoms with Crippen molar-refractivity contribution in [2.45, 2.75) is 37.1 Å². The Bertz CT molecular complexity index is 924. The quantitative estimate of drug-likeness (QED) is 0.881. The molecule has 1 atom stereocenters. The molecule has 0 spiro atoms. The second-order valence-electron chi connectivity index (χ2n) is 6.33. The molecule has 0 fully saturated rings. The van der Waals surface area contributed by atoms with E-state index in [0.717, 1.165) is 23.1 Å². The Balaban J connectivity index is 1.91. The summed E-state index contributed by atoms with van der Waals surface area (Å²) in [4.78, 5) is 16.5. The summed E-state index contributed by atoms with van der Waals surface area (Å²) in [5, 5.41) is -0.262. The highest BCUT2D eigenvalue weighted by Gasteiger charge is 2.42. The van der Waals surface area contributed by atoms with Crippen molar-refractivity contribution in [3.63, 3.8) is 0 Å². The topological polar surface area (TPSA) is 102 Å². The fourth-order valence-corrected chi connectivity index (χ4v) is 4.15. The van der Waals surface area contributed by atoms with Gasteiger partial charge in [-0.1, -0.05) is 29.8 Å². The zero-order chi connectivity index (χ0) is 17.5. The number of nitrogens with one attached hydrogen (secondary N) is 1. The lowest BCUT2D eigenvalue weighted by Gasteiger charge is -2.24. The third kappa shape index (κ3) is 2.75. The summed E-state index contributed by atoms with van der Waals surface area (Å²) in [5.41, 5.74) is 7.73. The first-order valence-corrected chi connectivity index (χ1v) is 9.10. The van der Waals surface area contributed by atoms with Crippen LogP contribution in [0.4, 0.5) is 5.82 Å². The lowest BCUT2D eigenvalue weighted by Crippen LogP contribution is -2.43. The predicted molar refractivity (Wildman–Crippen MR) is 90.8 cm³/mol. The highest BCUT2D eigenvalue weighted by Crippen LogP contribution is 2.39. The van der Waals surface area contributed by atoms with E-state index in [2.05, 4.69) is 9.71 Å². The lowest BCUT2D eigenvalue weighted by atomic mass is 9.83. The van der Waals surface area contributed by atoms with Gasteiger partial charge in [0.1, 0.15) is 5.82 Å². The Morgan fingerprint density at radius 1 is 1.29 bits per heavy atom. The van der Waals surface area contributed by atoms with E-state index >= 15 is 0 Å². The number of fused-ring (bicyclic) bond motifs is 1. The van der Waals surface area contributed by atoms with Gasteiger partial charge in [-0.3, -0.25) is 4.79 Å². The summed E-state index contributed by atoms with van der Waals surface area (Å²) in [7, 11) is -4.06. The molecule has 24 heavy (non-hydrogen) atoms. The number of pyridine rings is 1. The van der Waals surface area contributed by atoms with Crippen LogP contribution in [0.1, 0.15) is 30.0 Å². The molecule has 1 aromatic heterocycles. The predicted octanol–water partition coefficient (Wildman–Crippen LogP) is 1.68. The number of carbonyl (C=O) groups is 1. The van der Waals surface area contributed by atoms with Crippen molar-refractivity contribution in [3.8, 4) is 0 Å². The van der Waals surface area contributed by atoms with Crippen LogP contribution in [-0.2, 0) is 26.7 Å². The van der Waals surface area contributed by atoms with Crippen molar-refractivity contribution in [1.82, 2.24) is 9.71 Å². The van der Waals surface area contributed by atoms with E-state index in [0.29, 0.717) is 6.42 Å². The Hall–Kier alpha value is -2.41. The SMILES string of the molecule is Cc1ccc2c(c1)CCC2(C)C(=O)NS(=O)(=O)c1cccc(N)n1. The number of hydrogen-bond donors (Lipinski definition) is 2. The molecule has 2 aromatic rings. The molecule has 126 valence electrons. The van der Waals surface area contributed by atoms with E-state index in [4.69, 9.17) is 5.73 Å². The molecule has 0 aliphatic heterocycles. The van der Waals surface area contributed by atoms with Crippen LogP contribution in [-0.4, -0.2) is 19.3 Å². The second kappa shape index (κ2) is 5.59. The summed E-state index contributed by atoms with van der Waals surface area (Å²) in [6.07, 6.45) is 1.31. The number of benzene rings is 1. The average Bonchev–Trinajstić information content (AvgIpc) is 2.85. The zero-order valence-corrected chi connectivity index (χ0v) is 14.4. The minimum atomic E-state index is -4.06. The molecule has 1 aromatic carbocycles. The molecule has 1 aliphatic rings. The van der Waals surface area contributed by atoms with Crippen molar-refractivity contribution in [3.05, 3.63) is 53.1 Å². The van der Waals surface area contributed by atoms with Gasteiger partial charge in [0.2, 0.25) is 5.91 Å². The van der Waals surface area contributed by atoms with Gasteiger partial charge in [0, 0.05) is 0 Å². The third-order valence-corrected chi connectivity index (χ3v) is 5.73. The minimum absolute atomic E-state index is 0.0817. The van der Waals surface area contributed by atoms with Gasteiger partial charge in [0.25, 0.3) is 10.0 Å². The van der Waals surface area contributed by atoms with Gasteiger partial charge in [-0.15, -0.1) is 0 Å². The van der Waals surface area contributed by atoms with E-state index in [1.54, 1.807) is 6.92 Å². The number of nitrogen functional groups attached to an aromatic ring is 1. The number of nitrogens with two attached hydrogens (primary N) is 1. The number of sulfonamides is 1. The molecule has 0 radical (unpaired) electrons. The Labute approximate surface area is 141 Å². The van der Waals surface area contributed by atoms with Gasteiger partial charge < -0.3 is 5.73 Å². The van der Waals surface area contributed by atoms with E-state index in [1.165, 1.54) is 18.2 Å². The van der Waals surface area contributed by atoms with Crippen LogP contribution in [0.25, 0.3) is 0 Å². The normalized spacial score (nSPS) is 19.8. The molecule has 1 amide bonds. The van der Waals surface area contributed by atoms with Gasteiger partial charge in [0.15, 0.2) is 5.03 Å². The fourth-order valence-electron chi connectivity index (χ4n) is 3.09. The number of hydrogen-bond acceptors (Lipinski definition) is 5. The van der Waals surface area contributed by atoms with Crippen molar-refractivity contribution in [2.75, 3.05) is 5.73 Å². The smallest absolute Gasteiger partial charge is 0.281 e. The Morgan fingerprint density at radius 3 is 2.75 bits per heavy atom. The molecule has 1 aliphatic carbocycles. The molecule has 0 saturated heterocycles. The maximum Gasteiger partial charge on any atom is 0.281 e. The van der Waals surface area contributed by atoms with Crippen molar-refractivity contribution < 1.29 is 13.2 Å². The molecule has 7 heteroatoms. The van der Waals surface area contributed by atoms with Crippen LogP contribution in [0.2, 0.25) is 0 Å². The summed E-state index contributed by atoms with van der Waals surface area (Å²) in [6, 6.07) is 10.2. The van der Waals surface area contributed by atoms with Crippen molar-refractivity contribution >= 4 is 21.7 Å². The third-order valence-electron chi connectivity index (χ3n) is 4.50. The number of nitrogens with zero attached hydrogens (tertiary/aromatic N) is 1. The minimum Gasteiger partial charge on any atom is -0.384 e. The first-order chi connectivity index (χ1) is 11.2. The van der Waals surface area contributed by atoms with Crippen LogP contribution in [0.3, 0.4) is 0 Å². The molecule has 1 heterocycles. The van der Waals surface area contributed by atoms with E-state index in [-0.39, 0.29) is 10.8 Å². The summed E-state index contributed by atoms with van der Waals surface area (Å²) < 4.78 is 27.0. The van der Waals surface area contributed by atoms with Crippen molar-refractivity contribution in [1.29, 1.82) is 0 Å². The van der Waals surface area contributed by atoms with Crippen LogP contribution in [0, 0.1) is 6.92 Å². The maximum atomic E-state index is 12.7. The maximum absolute atomic E-state index is 12.7. The van der Waals surface area contributed by atoms with Crippen LogP contribution >= 0.6 is 0 Å². The molecule has 6 nitrogen and oxygen atoms in total. The number of aryl methyl sites for hydroxylation is 2. The van der Waals surface area contributed by atoms with Crippen LogP contribution < -0.4 is 10.5 Å². The molecular weight excluding hydrogens is 326 g/mol. The first kappa shape index (κ1) is 16.4. The second-order valence-corrected chi connectivity index (χ2v) is 7.96. The van der Waals surface area contributed by atoms with E-state index in [9.17, 15) is 13.2 Å². The van der Waals surface area contributed by atoms with Crippen molar-refractivity contribution in [2.24, 2.45) is 0 Å². The first-order valence-electron chi connectivity index (χ1n) is 7.62. The number of carbonyl (C=O) groups excluding carboxylic acids is 1. The monoisotopic (exact) mass is 345 g/mol. The Morgan fingerprint density at radius 2 is 2.04 bits per heavy atom. The summed E-state index contributed by atoms with van der Waals surface area (Å²) >= 11 is 0. The highest BCUT2D eigenvalue weighted by molar-refractivity contribution is 7.90. The molecular formula is C17H19N3O3S. The number of aromatic nitrogens is 1. The Kier molecular flexibility index (Phi) is 3.83. The van der Waals surface area contributed by atoms with Gasteiger partial charge in [0.05, 0.1) is 5.41 Å². The fraction of sp³-hybridized carbons (Fsp3) is 0.294. The molecule has 0 saturated carbocycles. The van der Waals surface area contributed by atoms with Gasteiger partial charge >= 0.3 is 0 Å². The zero-order valence-electron chi connectivity index (χ0n) is 13.5. The number of anilines is 1. The van der Waals surface area contributed by atoms with E-state index < -0.39 is 21.3 Å². The summed E-state index contributed by atoms with van der Waals surface area (Å²) in [6.45, 7) is 3.76. The number of rotatable bonds is 3. The van der Waals surface area contributed by atoms with E-state index in [1.807, 2.05) is 25.1 Å². The average molecular weight is 345 g/mol. The van der Waals surface area contributed by atoms with Gasteiger partial charge in [-0.05, 0) is 49.9 Å². The van der Waals surface area contributed by atoms with Gasteiger partial charge in [-0.25, -0.2) is 9.71 Å². The standard InChI is InChI=1S/C17H19N3O3S/c1-11-6-7-13-12(10-11)8-9-17(13,2)16(21)20-24(22,23)15-5-3-4-14(18)19-15/h3-7,10H,8-9H2,1-2H3,(H2,18,19)(H,20,21). The molecule has 1 unspecified atom stereocenters. The highest BCUT2D eigenvalue weighted by atomic mass is 32.2. The molecule has 0 bridgehead atoms. The lowest BCUT2D eigenvalue weighted by molar-refractivity contribution is -0.124.